The highest BCUT2D eigenvalue weighted by Crippen LogP contribution is 2.36. The second-order valence-electron chi connectivity index (χ2n) is 9.25. The lowest BCUT2D eigenvalue weighted by Crippen LogP contribution is -2.41. The number of hydrogen-bond acceptors (Lipinski definition) is 4. The number of halogens is 2. The van der Waals surface area contributed by atoms with Crippen LogP contribution in [0.25, 0.3) is 10.9 Å². The molecule has 0 amide bonds. The lowest BCUT2D eigenvalue weighted by molar-refractivity contribution is -0.139. The van der Waals surface area contributed by atoms with Crippen LogP contribution in [0.5, 0.6) is 5.75 Å². The summed E-state index contributed by atoms with van der Waals surface area (Å²) in [7, 11) is 1.57. The highest BCUT2D eigenvalue weighted by Gasteiger charge is 2.31. The third-order valence-electron chi connectivity index (χ3n) is 6.92. The minimum atomic E-state index is -1.18. The van der Waals surface area contributed by atoms with Crippen molar-refractivity contribution in [2.45, 2.75) is 31.9 Å². The number of carboxylic acid groups (broad SMARTS) is 1. The van der Waals surface area contributed by atoms with Gasteiger partial charge in [-0.15, -0.1) is 0 Å². The summed E-state index contributed by atoms with van der Waals surface area (Å²) in [5, 5.41) is 10.2. The van der Waals surface area contributed by atoms with Gasteiger partial charge in [-0.1, -0.05) is 24.0 Å². The second kappa shape index (κ2) is 12.0. The molecule has 0 radical (unpaired) electrons. The minimum Gasteiger partial charge on any atom is -0.497 e. The number of ether oxygens (including phenoxy) is 1. The minimum absolute atomic E-state index is 0.0360. The van der Waals surface area contributed by atoms with Crippen molar-refractivity contribution in [2.24, 2.45) is 11.8 Å². The number of rotatable bonds is 8. The summed E-state index contributed by atoms with van der Waals surface area (Å²) in [6.45, 7) is 1.77. The SMILES string of the molecule is COc1ccc2nccc([C@H](F)CC[C@@H]3CCN(CC#Cc4ccccc4F)C[C@@H]3CC(=O)O)c2c1. The maximum atomic E-state index is 15.4. The number of piperidine rings is 1. The Balaban J connectivity index is 1.39. The molecule has 2 aromatic carbocycles. The number of benzene rings is 2. The molecule has 0 saturated carbocycles. The number of carboxylic acids is 1. The summed E-state index contributed by atoms with van der Waals surface area (Å²) in [4.78, 5) is 18.0. The van der Waals surface area contributed by atoms with Gasteiger partial charge in [0.2, 0.25) is 0 Å². The summed E-state index contributed by atoms with van der Waals surface area (Å²) in [6, 6.07) is 13.5. The zero-order chi connectivity index (χ0) is 25.5. The van der Waals surface area contributed by atoms with Crippen molar-refractivity contribution >= 4 is 16.9 Å². The van der Waals surface area contributed by atoms with Crippen LogP contribution < -0.4 is 4.74 Å². The maximum Gasteiger partial charge on any atom is 0.303 e. The molecule has 1 aliphatic rings. The van der Waals surface area contributed by atoms with Crippen LogP contribution in [0.3, 0.4) is 0 Å². The third kappa shape index (κ3) is 6.38. The maximum absolute atomic E-state index is 15.4. The van der Waals surface area contributed by atoms with Crippen molar-refractivity contribution < 1.29 is 23.4 Å². The lowest BCUT2D eigenvalue weighted by atomic mass is 9.79. The van der Waals surface area contributed by atoms with E-state index in [2.05, 4.69) is 21.7 Å². The van der Waals surface area contributed by atoms with Crippen LogP contribution in [0.1, 0.15) is 43.0 Å². The number of methoxy groups -OCH3 is 1. The zero-order valence-electron chi connectivity index (χ0n) is 20.3. The van der Waals surface area contributed by atoms with E-state index in [0.717, 1.165) is 18.4 Å². The molecule has 188 valence electrons. The highest BCUT2D eigenvalue weighted by atomic mass is 19.1. The first-order chi connectivity index (χ1) is 17.4. The number of aliphatic carboxylic acids is 1. The number of carbonyl (C=O) groups is 1. The summed E-state index contributed by atoms with van der Waals surface area (Å²) >= 11 is 0. The average molecular weight is 493 g/mol. The molecule has 0 bridgehead atoms. The summed E-state index contributed by atoms with van der Waals surface area (Å²) in [5.41, 5.74) is 1.64. The molecule has 7 heteroatoms. The van der Waals surface area contributed by atoms with E-state index in [1.807, 2.05) is 6.07 Å². The number of nitrogens with zero attached hydrogens (tertiary/aromatic N) is 2. The van der Waals surface area contributed by atoms with E-state index in [4.69, 9.17) is 4.74 Å². The number of likely N-dealkylation sites (tertiary alicyclic amines) is 1. The molecule has 2 heterocycles. The number of alkyl halides is 1. The van der Waals surface area contributed by atoms with Crippen molar-refractivity contribution in [3.63, 3.8) is 0 Å². The largest absolute Gasteiger partial charge is 0.497 e. The first kappa shape index (κ1) is 25.6. The highest BCUT2D eigenvalue weighted by molar-refractivity contribution is 5.83. The van der Waals surface area contributed by atoms with Gasteiger partial charge in [0.15, 0.2) is 0 Å². The van der Waals surface area contributed by atoms with Crippen molar-refractivity contribution in [3.05, 3.63) is 71.7 Å². The fourth-order valence-corrected chi connectivity index (χ4v) is 5.01. The van der Waals surface area contributed by atoms with Gasteiger partial charge in [0.25, 0.3) is 0 Å². The van der Waals surface area contributed by atoms with Crippen LogP contribution in [0.2, 0.25) is 0 Å². The van der Waals surface area contributed by atoms with Gasteiger partial charge in [0, 0.05) is 24.5 Å². The first-order valence-corrected chi connectivity index (χ1v) is 12.2. The van der Waals surface area contributed by atoms with E-state index in [1.54, 1.807) is 49.7 Å². The average Bonchev–Trinajstić information content (AvgIpc) is 2.88. The lowest BCUT2D eigenvalue weighted by Gasteiger charge is -2.37. The molecular formula is C29H30F2N2O3. The number of fused-ring (bicyclic) bond motifs is 1. The van der Waals surface area contributed by atoms with Crippen molar-refractivity contribution in [1.82, 2.24) is 9.88 Å². The molecule has 0 unspecified atom stereocenters. The van der Waals surface area contributed by atoms with E-state index < -0.39 is 12.1 Å². The van der Waals surface area contributed by atoms with Gasteiger partial charge in [0.1, 0.15) is 17.7 Å². The van der Waals surface area contributed by atoms with Crippen LogP contribution in [0.15, 0.2) is 54.7 Å². The van der Waals surface area contributed by atoms with Gasteiger partial charge in [-0.3, -0.25) is 14.7 Å². The molecule has 0 aliphatic carbocycles. The predicted octanol–water partition coefficient (Wildman–Crippen LogP) is 5.64. The zero-order valence-corrected chi connectivity index (χ0v) is 20.3. The molecular weight excluding hydrogens is 462 g/mol. The Morgan fingerprint density at radius 2 is 2.08 bits per heavy atom. The first-order valence-electron chi connectivity index (χ1n) is 12.2. The summed E-state index contributed by atoms with van der Waals surface area (Å²) in [5.74, 6) is 5.33. The van der Waals surface area contributed by atoms with E-state index in [-0.39, 0.29) is 24.1 Å². The topological polar surface area (TPSA) is 62.7 Å². The number of hydrogen-bond donors (Lipinski definition) is 1. The number of pyridine rings is 1. The Morgan fingerprint density at radius 1 is 1.25 bits per heavy atom. The van der Waals surface area contributed by atoms with Crippen LogP contribution in [-0.2, 0) is 4.79 Å². The normalized spacial score (nSPS) is 18.9. The van der Waals surface area contributed by atoms with Crippen molar-refractivity contribution in [2.75, 3.05) is 26.7 Å². The Hall–Kier alpha value is -3.50. The van der Waals surface area contributed by atoms with E-state index in [0.29, 0.717) is 48.3 Å². The Labute approximate surface area is 210 Å². The Morgan fingerprint density at radius 3 is 2.86 bits per heavy atom. The second-order valence-corrected chi connectivity index (χ2v) is 9.25. The van der Waals surface area contributed by atoms with E-state index >= 15 is 4.39 Å². The monoisotopic (exact) mass is 492 g/mol. The quantitative estimate of drug-likeness (QED) is 0.413. The van der Waals surface area contributed by atoms with Crippen LogP contribution in [0.4, 0.5) is 8.78 Å². The van der Waals surface area contributed by atoms with Gasteiger partial charge < -0.3 is 9.84 Å². The molecule has 4 rings (SSSR count). The number of aromatic nitrogens is 1. The predicted molar refractivity (Wildman–Crippen MR) is 135 cm³/mol. The van der Waals surface area contributed by atoms with Crippen LogP contribution in [0, 0.1) is 29.5 Å². The Kier molecular flexibility index (Phi) is 8.50. The van der Waals surface area contributed by atoms with Gasteiger partial charge in [-0.05, 0) is 79.6 Å². The van der Waals surface area contributed by atoms with Gasteiger partial charge >= 0.3 is 5.97 Å². The van der Waals surface area contributed by atoms with E-state index in [9.17, 15) is 14.3 Å². The third-order valence-corrected chi connectivity index (χ3v) is 6.92. The fourth-order valence-electron chi connectivity index (χ4n) is 5.01. The Bertz CT molecular complexity index is 1270. The molecule has 5 nitrogen and oxygen atoms in total. The smallest absolute Gasteiger partial charge is 0.303 e. The molecule has 3 atom stereocenters. The van der Waals surface area contributed by atoms with Gasteiger partial charge in [0.05, 0.1) is 24.7 Å². The molecule has 1 aliphatic heterocycles. The van der Waals surface area contributed by atoms with Gasteiger partial charge in [-0.2, -0.15) is 0 Å². The molecule has 1 aromatic heterocycles. The fraction of sp³-hybridized carbons (Fsp3) is 0.379. The molecule has 1 saturated heterocycles. The van der Waals surface area contributed by atoms with Crippen LogP contribution >= 0.6 is 0 Å². The molecule has 1 fully saturated rings. The van der Waals surface area contributed by atoms with Crippen molar-refractivity contribution in [3.8, 4) is 17.6 Å². The van der Waals surface area contributed by atoms with Gasteiger partial charge in [-0.25, -0.2) is 8.78 Å². The summed E-state index contributed by atoms with van der Waals surface area (Å²) in [6.07, 6.45) is 2.15. The standard InChI is InChI=1S/C29H30F2N2O3/c1-36-23-9-11-28-25(18-23)24(12-14-32-28)27(31)10-8-20-13-16-33(19-22(20)17-29(34)35)15-4-6-21-5-2-3-7-26(21)30/h2-3,5,7,9,11-12,14,18,20,22,27H,8,10,13,15-17,19H2,1H3,(H,34,35)/t20-,22+,27-/m1/s1. The molecule has 36 heavy (non-hydrogen) atoms. The van der Waals surface area contributed by atoms with Crippen LogP contribution in [-0.4, -0.2) is 47.7 Å². The molecule has 0 spiro atoms. The summed E-state index contributed by atoms with van der Waals surface area (Å²) < 4.78 is 34.5. The van der Waals surface area contributed by atoms with Crippen molar-refractivity contribution in [1.29, 1.82) is 0 Å². The molecule has 3 aromatic rings. The molecule has 1 N–H and O–H groups in total. The van der Waals surface area contributed by atoms with E-state index in [1.165, 1.54) is 6.07 Å².